The number of aliphatic hydroxyl groups excluding tert-OH is 1. The number of rotatable bonds is 5. The van der Waals surface area contributed by atoms with Crippen molar-refractivity contribution in [1.82, 2.24) is 5.32 Å². The zero-order valence-corrected chi connectivity index (χ0v) is 15.7. The topological polar surface area (TPSA) is 78.4 Å². The molecule has 26 heavy (non-hydrogen) atoms. The number of anilines is 1. The fraction of sp³-hybridized carbons (Fsp3) is 0.158. The van der Waals surface area contributed by atoms with E-state index in [1.165, 1.54) is 22.7 Å². The number of carbonyl (C=O) groups excluding carboxylic acids is 2. The molecule has 2 heterocycles. The highest BCUT2D eigenvalue weighted by molar-refractivity contribution is 7.12. The van der Waals surface area contributed by atoms with Gasteiger partial charge in [-0.2, -0.15) is 11.3 Å². The molecule has 1 atom stereocenters. The van der Waals surface area contributed by atoms with Gasteiger partial charge in [0.1, 0.15) is 6.10 Å². The first-order chi connectivity index (χ1) is 12.5. The summed E-state index contributed by atoms with van der Waals surface area (Å²) in [6.45, 7) is 2.10. The Labute approximate surface area is 159 Å². The van der Waals surface area contributed by atoms with Crippen molar-refractivity contribution >= 4 is 40.2 Å². The molecule has 0 saturated carbocycles. The van der Waals surface area contributed by atoms with Crippen LogP contribution in [0.3, 0.4) is 0 Å². The van der Waals surface area contributed by atoms with Gasteiger partial charge in [-0.05, 0) is 53.1 Å². The lowest BCUT2D eigenvalue weighted by molar-refractivity contribution is -0.136. The molecule has 0 fully saturated rings. The van der Waals surface area contributed by atoms with Gasteiger partial charge in [-0.3, -0.25) is 9.59 Å². The van der Waals surface area contributed by atoms with Gasteiger partial charge in [-0.1, -0.05) is 18.2 Å². The van der Waals surface area contributed by atoms with Crippen LogP contribution in [0.15, 0.2) is 53.2 Å². The smallest absolute Gasteiger partial charge is 0.313 e. The fourth-order valence-corrected chi connectivity index (χ4v) is 4.02. The number of nitrogens with one attached hydrogen (secondary N) is 2. The van der Waals surface area contributed by atoms with Gasteiger partial charge in [0, 0.05) is 15.4 Å². The van der Waals surface area contributed by atoms with E-state index >= 15 is 0 Å². The monoisotopic (exact) mass is 386 g/mol. The Balaban J connectivity index is 1.55. The Kier molecular flexibility index (Phi) is 5.82. The molecule has 5 nitrogen and oxygen atoms in total. The summed E-state index contributed by atoms with van der Waals surface area (Å²) in [6.07, 6.45) is -0.667. The quantitative estimate of drug-likeness (QED) is 0.588. The minimum absolute atomic E-state index is 0.237. The van der Waals surface area contributed by atoms with Crippen LogP contribution in [0.1, 0.15) is 27.0 Å². The van der Waals surface area contributed by atoms with Crippen molar-refractivity contribution < 1.29 is 14.7 Å². The second-order valence-corrected chi connectivity index (χ2v) is 7.69. The predicted molar refractivity (Wildman–Crippen MR) is 104 cm³/mol. The van der Waals surface area contributed by atoms with Crippen molar-refractivity contribution in [2.75, 3.05) is 5.32 Å². The number of para-hydroxylation sites is 1. The summed E-state index contributed by atoms with van der Waals surface area (Å²) in [6, 6.07) is 12.8. The Morgan fingerprint density at radius 3 is 2.65 bits per heavy atom. The number of thiophene rings is 2. The molecule has 0 bridgehead atoms. The highest BCUT2D eigenvalue weighted by Crippen LogP contribution is 2.29. The largest absolute Gasteiger partial charge is 0.383 e. The number of carbonyl (C=O) groups is 2. The second-order valence-electron chi connectivity index (χ2n) is 5.72. The predicted octanol–water partition coefficient (Wildman–Crippen LogP) is 3.45. The van der Waals surface area contributed by atoms with Crippen molar-refractivity contribution in [3.05, 3.63) is 74.1 Å². The summed E-state index contributed by atoms with van der Waals surface area (Å²) in [5.41, 5.74) is 2.36. The molecule has 7 heteroatoms. The normalized spacial score (nSPS) is 11.8. The van der Waals surface area contributed by atoms with Gasteiger partial charge in [-0.15, -0.1) is 11.3 Å². The molecule has 0 aliphatic heterocycles. The molecular weight excluding hydrogens is 368 g/mol. The second kappa shape index (κ2) is 8.27. The summed E-state index contributed by atoms with van der Waals surface area (Å²) in [5.74, 6) is -1.39. The van der Waals surface area contributed by atoms with Gasteiger partial charge < -0.3 is 15.7 Å². The van der Waals surface area contributed by atoms with E-state index in [2.05, 4.69) is 10.6 Å². The Bertz CT molecular complexity index is 903. The molecule has 0 aliphatic rings. The number of hydrogen-bond donors (Lipinski definition) is 3. The van der Waals surface area contributed by atoms with Crippen molar-refractivity contribution in [1.29, 1.82) is 0 Å². The maximum atomic E-state index is 12.0. The lowest BCUT2D eigenvalue weighted by atomic mass is 10.2. The average Bonchev–Trinajstić information content (AvgIpc) is 3.33. The van der Waals surface area contributed by atoms with Gasteiger partial charge in [0.15, 0.2) is 0 Å². The third-order valence-corrected chi connectivity index (χ3v) is 5.67. The third kappa shape index (κ3) is 4.37. The van der Waals surface area contributed by atoms with Gasteiger partial charge in [0.25, 0.3) is 0 Å². The van der Waals surface area contributed by atoms with Crippen molar-refractivity contribution in [2.45, 2.75) is 19.6 Å². The minimum Gasteiger partial charge on any atom is -0.383 e. The Morgan fingerprint density at radius 1 is 1.12 bits per heavy atom. The molecule has 2 amide bonds. The Morgan fingerprint density at radius 2 is 1.92 bits per heavy atom. The summed E-state index contributed by atoms with van der Waals surface area (Å²) in [5, 5.41) is 19.3. The van der Waals surface area contributed by atoms with E-state index in [4.69, 9.17) is 0 Å². The number of amides is 2. The van der Waals surface area contributed by atoms with E-state index in [9.17, 15) is 14.7 Å². The van der Waals surface area contributed by atoms with Crippen LogP contribution in [0.5, 0.6) is 0 Å². The van der Waals surface area contributed by atoms with Crippen LogP contribution in [0.2, 0.25) is 0 Å². The molecule has 1 aromatic carbocycles. The van der Waals surface area contributed by atoms with Crippen LogP contribution in [-0.4, -0.2) is 16.9 Å². The molecule has 1 unspecified atom stereocenters. The van der Waals surface area contributed by atoms with E-state index < -0.39 is 17.9 Å². The van der Waals surface area contributed by atoms with Crippen LogP contribution < -0.4 is 10.6 Å². The zero-order chi connectivity index (χ0) is 18.5. The number of hydrogen-bond acceptors (Lipinski definition) is 5. The highest BCUT2D eigenvalue weighted by atomic mass is 32.1. The summed E-state index contributed by atoms with van der Waals surface area (Å²) < 4.78 is 0. The first-order valence-electron chi connectivity index (χ1n) is 7.98. The van der Waals surface area contributed by atoms with Crippen LogP contribution in [-0.2, 0) is 16.1 Å². The fourth-order valence-electron chi connectivity index (χ4n) is 2.37. The van der Waals surface area contributed by atoms with Gasteiger partial charge in [0.05, 0.1) is 6.54 Å². The molecule has 3 N–H and O–H groups in total. The van der Waals surface area contributed by atoms with E-state index in [1.807, 2.05) is 48.0 Å². The molecule has 0 radical (unpaired) electrons. The summed E-state index contributed by atoms with van der Waals surface area (Å²) in [4.78, 5) is 25.7. The lowest BCUT2D eigenvalue weighted by Gasteiger charge is -2.08. The van der Waals surface area contributed by atoms with Crippen LogP contribution >= 0.6 is 22.7 Å². The van der Waals surface area contributed by atoms with E-state index in [0.29, 0.717) is 5.69 Å². The first-order valence-corrected chi connectivity index (χ1v) is 9.74. The zero-order valence-electron chi connectivity index (χ0n) is 14.1. The van der Waals surface area contributed by atoms with Gasteiger partial charge in [-0.25, -0.2) is 0 Å². The molecule has 0 aliphatic carbocycles. The van der Waals surface area contributed by atoms with Crippen molar-refractivity contribution in [3.8, 4) is 0 Å². The molecule has 0 spiro atoms. The number of benzene rings is 1. The highest BCUT2D eigenvalue weighted by Gasteiger charge is 2.16. The van der Waals surface area contributed by atoms with Gasteiger partial charge in [0.2, 0.25) is 0 Å². The third-order valence-electron chi connectivity index (χ3n) is 3.83. The summed E-state index contributed by atoms with van der Waals surface area (Å²) in [7, 11) is 0. The molecule has 3 rings (SSSR count). The standard InChI is InChI=1S/C19H18N2O3S2/c1-12-4-2-3-5-15(12)21-19(24)18(23)20-10-14-6-7-16(26-14)17(22)13-8-9-25-11-13/h2-9,11,17,22H,10H2,1H3,(H,20,23)(H,21,24). The Hall–Kier alpha value is -2.48. The van der Waals surface area contributed by atoms with E-state index in [0.717, 1.165) is 20.9 Å². The minimum atomic E-state index is -0.700. The number of aryl methyl sites for hydroxylation is 1. The molecule has 134 valence electrons. The van der Waals surface area contributed by atoms with Crippen LogP contribution in [0.4, 0.5) is 5.69 Å². The maximum absolute atomic E-state index is 12.0. The number of aliphatic hydroxyl groups is 1. The van der Waals surface area contributed by atoms with E-state index in [1.54, 1.807) is 12.1 Å². The maximum Gasteiger partial charge on any atom is 0.313 e. The van der Waals surface area contributed by atoms with Crippen molar-refractivity contribution in [3.63, 3.8) is 0 Å². The van der Waals surface area contributed by atoms with Crippen LogP contribution in [0, 0.1) is 6.92 Å². The molecule has 0 saturated heterocycles. The van der Waals surface area contributed by atoms with Crippen LogP contribution in [0.25, 0.3) is 0 Å². The molecular formula is C19H18N2O3S2. The SMILES string of the molecule is Cc1ccccc1NC(=O)C(=O)NCc1ccc(C(O)c2ccsc2)s1. The first kappa shape index (κ1) is 18.3. The average molecular weight is 386 g/mol. The van der Waals surface area contributed by atoms with Gasteiger partial charge >= 0.3 is 11.8 Å². The molecule has 2 aromatic heterocycles. The van der Waals surface area contributed by atoms with Crippen molar-refractivity contribution in [2.24, 2.45) is 0 Å². The van der Waals surface area contributed by atoms with E-state index in [-0.39, 0.29) is 6.54 Å². The lowest BCUT2D eigenvalue weighted by Crippen LogP contribution is -2.34. The summed E-state index contributed by atoms with van der Waals surface area (Å²) >= 11 is 2.94. The molecule has 3 aromatic rings.